The number of fused-ring (bicyclic) bond motifs is 2. The molecule has 0 spiro atoms. The molecular formula is C19H22F3N3S. The van der Waals surface area contributed by atoms with Crippen LogP contribution in [0.4, 0.5) is 19.1 Å². The maximum absolute atomic E-state index is 13.4. The zero-order valence-corrected chi connectivity index (χ0v) is 15.9. The third kappa shape index (κ3) is 3.21. The van der Waals surface area contributed by atoms with E-state index < -0.39 is 11.9 Å². The summed E-state index contributed by atoms with van der Waals surface area (Å²) in [5.41, 5.74) is -0.225. The van der Waals surface area contributed by atoms with Crippen molar-refractivity contribution >= 4 is 17.3 Å². The standard InChI is InChI=1S/C19H22F3N3S/c1-17(2)8-12-9-18(3,10-17)11-25(12)16-23-13(14-5-4-6-26-14)7-15(24-16)19(20,21)22/h4-7,12H,8-11H2,1-3H3/t12-,18-/m0/s1. The lowest BCUT2D eigenvalue weighted by molar-refractivity contribution is -0.141. The van der Waals surface area contributed by atoms with Crippen LogP contribution in [0.5, 0.6) is 0 Å². The zero-order chi connectivity index (χ0) is 18.7. The van der Waals surface area contributed by atoms with E-state index in [1.807, 2.05) is 16.3 Å². The van der Waals surface area contributed by atoms with Crippen molar-refractivity contribution in [2.24, 2.45) is 10.8 Å². The van der Waals surface area contributed by atoms with E-state index in [-0.39, 0.29) is 22.8 Å². The molecule has 2 aromatic rings. The summed E-state index contributed by atoms with van der Waals surface area (Å²) in [6, 6.07) is 4.87. The number of alkyl halides is 3. The molecule has 26 heavy (non-hydrogen) atoms. The van der Waals surface area contributed by atoms with E-state index in [4.69, 9.17) is 0 Å². The van der Waals surface area contributed by atoms with Crippen LogP contribution >= 0.6 is 11.3 Å². The van der Waals surface area contributed by atoms with Crippen LogP contribution in [0.1, 0.15) is 45.7 Å². The number of aromatic nitrogens is 2. The summed E-state index contributed by atoms with van der Waals surface area (Å²) >= 11 is 1.39. The summed E-state index contributed by atoms with van der Waals surface area (Å²) < 4.78 is 40.3. The molecule has 0 amide bonds. The van der Waals surface area contributed by atoms with Crippen molar-refractivity contribution in [1.29, 1.82) is 0 Å². The minimum Gasteiger partial charge on any atom is -0.337 e. The van der Waals surface area contributed by atoms with E-state index in [2.05, 4.69) is 30.7 Å². The lowest BCUT2D eigenvalue weighted by Gasteiger charge is -2.39. The van der Waals surface area contributed by atoms with Gasteiger partial charge in [-0.25, -0.2) is 9.97 Å². The molecule has 0 radical (unpaired) electrons. The quantitative estimate of drug-likeness (QED) is 0.675. The molecule has 140 valence electrons. The predicted molar refractivity (Wildman–Crippen MR) is 97.2 cm³/mol. The summed E-state index contributed by atoms with van der Waals surface area (Å²) in [7, 11) is 0. The summed E-state index contributed by atoms with van der Waals surface area (Å²) in [6.45, 7) is 7.43. The van der Waals surface area contributed by atoms with Crippen LogP contribution in [0.2, 0.25) is 0 Å². The Labute approximate surface area is 155 Å². The van der Waals surface area contributed by atoms with Gasteiger partial charge in [-0.15, -0.1) is 11.3 Å². The molecule has 2 atom stereocenters. The fourth-order valence-corrected chi connectivity index (χ4v) is 5.64. The Morgan fingerprint density at radius 2 is 1.96 bits per heavy atom. The van der Waals surface area contributed by atoms with Crippen LogP contribution in [0.15, 0.2) is 23.6 Å². The number of nitrogens with zero attached hydrogens (tertiary/aromatic N) is 3. The van der Waals surface area contributed by atoms with Gasteiger partial charge < -0.3 is 4.90 Å². The van der Waals surface area contributed by atoms with Gasteiger partial charge in [-0.3, -0.25) is 0 Å². The van der Waals surface area contributed by atoms with Crippen LogP contribution in [-0.4, -0.2) is 22.6 Å². The average Bonchev–Trinajstić information content (AvgIpc) is 3.11. The minimum absolute atomic E-state index is 0.104. The van der Waals surface area contributed by atoms with Crippen molar-refractivity contribution in [3.05, 3.63) is 29.3 Å². The van der Waals surface area contributed by atoms with E-state index >= 15 is 0 Å². The molecule has 2 aromatic heterocycles. The Balaban J connectivity index is 1.78. The van der Waals surface area contributed by atoms with E-state index in [1.54, 1.807) is 6.07 Å². The fraction of sp³-hybridized carbons (Fsp3) is 0.579. The van der Waals surface area contributed by atoms with Gasteiger partial charge in [0, 0.05) is 12.6 Å². The molecule has 3 nitrogen and oxygen atoms in total. The number of rotatable bonds is 2. The van der Waals surface area contributed by atoms with Gasteiger partial charge in [0.05, 0.1) is 10.6 Å². The monoisotopic (exact) mass is 381 g/mol. The highest BCUT2D eigenvalue weighted by atomic mass is 32.1. The molecular weight excluding hydrogens is 359 g/mol. The lowest BCUT2D eigenvalue weighted by atomic mass is 9.65. The average molecular weight is 381 g/mol. The third-order valence-electron chi connectivity index (χ3n) is 5.45. The number of hydrogen-bond acceptors (Lipinski definition) is 4. The topological polar surface area (TPSA) is 29.0 Å². The van der Waals surface area contributed by atoms with Crippen molar-refractivity contribution in [2.75, 3.05) is 11.4 Å². The maximum atomic E-state index is 13.4. The van der Waals surface area contributed by atoms with Crippen molar-refractivity contribution in [2.45, 2.75) is 52.3 Å². The molecule has 1 aliphatic carbocycles. The van der Waals surface area contributed by atoms with Crippen molar-refractivity contribution in [1.82, 2.24) is 9.97 Å². The molecule has 2 aliphatic rings. The first kappa shape index (κ1) is 17.8. The molecule has 2 bridgehead atoms. The van der Waals surface area contributed by atoms with Gasteiger partial charge in [-0.2, -0.15) is 13.2 Å². The first-order valence-corrected chi connectivity index (χ1v) is 9.70. The van der Waals surface area contributed by atoms with Gasteiger partial charge in [0.15, 0.2) is 5.69 Å². The predicted octanol–water partition coefficient (Wildman–Crippen LogP) is 5.63. The van der Waals surface area contributed by atoms with E-state index in [1.165, 1.54) is 11.3 Å². The number of halogens is 3. The Morgan fingerprint density at radius 1 is 1.19 bits per heavy atom. The largest absolute Gasteiger partial charge is 0.433 e. The second-order valence-corrected chi connectivity index (χ2v) is 9.70. The zero-order valence-electron chi connectivity index (χ0n) is 15.1. The molecule has 0 aromatic carbocycles. The molecule has 1 saturated heterocycles. The summed E-state index contributed by atoms with van der Waals surface area (Å²) in [5, 5.41) is 1.84. The third-order valence-corrected chi connectivity index (χ3v) is 6.34. The number of hydrogen-bond donors (Lipinski definition) is 0. The Morgan fingerprint density at radius 3 is 2.62 bits per heavy atom. The molecule has 0 N–H and O–H groups in total. The van der Waals surface area contributed by atoms with Gasteiger partial charge in [0.25, 0.3) is 0 Å². The smallest absolute Gasteiger partial charge is 0.337 e. The molecule has 4 rings (SSSR count). The van der Waals surface area contributed by atoms with Gasteiger partial charge >= 0.3 is 6.18 Å². The van der Waals surface area contributed by atoms with Gasteiger partial charge in [-0.05, 0) is 47.6 Å². The molecule has 7 heteroatoms. The van der Waals surface area contributed by atoms with Crippen molar-refractivity contribution in [3.63, 3.8) is 0 Å². The van der Waals surface area contributed by atoms with Crippen LogP contribution in [0.25, 0.3) is 10.6 Å². The second-order valence-electron chi connectivity index (χ2n) is 8.76. The number of anilines is 1. The Bertz CT molecular complexity index is 816. The van der Waals surface area contributed by atoms with Gasteiger partial charge in [0.2, 0.25) is 5.95 Å². The maximum Gasteiger partial charge on any atom is 0.433 e. The van der Waals surface area contributed by atoms with Crippen LogP contribution < -0.4 is 4.90 Å². The fourth-order valence-electron chi connectivity index (χ4n) is 4.95. The minimum atomic E-state index is -4.48. The van der Waals surface area contributed by atoms with E-state index in [0.29, 0.717) is 12.2 Å². The summed E-state index contributed by atoms with van der Waals surface area (Å²) in [4.78, 5) is 11.2. The lowest BCUT2D eigenvalue weighted by Crippen LogP contribution is -2.35. The molecule has 1 saturated carbocycles. The van der Waals surface area contributed by atoms with E-state index in [0.717, 1.165) is 30.2 Å². The summed E-state index contributed by atoms with van der Waals surface area (Å²) in [6.07, 6.45) is -1.47. The van der Waals surface area contributed by atoms with Crippen molar-refractivity contribution < 1.29 is 13.2 Å². The SMILES string of the molecule is CC1(C)C[C@H]2C[C@](C)(CN2c2nc(-c3cccs3)cc(C(F)(F)F)n2)C1. The van der Waals surface area contributed by atoms with Crippen molar-refractivity contribution in [3.8, 4) is 10.6 Å². The molecule has 3 heterocycles. The highest BCUT2D eigenvalue weighted by molar-refractivity contribution is 7.13. The normalized spacial score (nSPS) is 27.8. The Kier molecular flexibility index (Phi) is 3.88. The van der Waals surface area contributed by atoms with Crippen LogP contribution in [0.3, 0.4) is 0 Å². The molecule has 2 fully saturated rings. The van der Waals surface area contributed by atoms with Crippen LogP contribution in [-0.2, 0) is 6.18 Å². The molecule has 0 unspecified atom stereocenters. The Hall–Kier alpha value is -1.63. The van der Waals surface area contributed by atoms with Crippen LogP contribution in [0, 0.1) is 10.8 Å². The van der Waals surface area contributed by atoms with E-state index in [9.17, 15) is 13.2 Å². The first-order chi connectivity index (χ1) is 12.0. The highest BCUT2D eigenvalue weighted by Gasteiger charge is 2.50. The van der Waals surface area contributed by atoms with Gasteiger partial charge in [0.1, 0.15) is 0 Å². The number of thiophene rings is 1. The molecule has 1 aliphatic heterocycles. The van der Waals surface area contributed by atoms with Gasteiger partial charge in [-0.1, -0.05) is 26.8 Å². The second kappa shape index (κ2) is 5.68. The first-order valence-electron chi connectivity index (χ1n) is 8.82. The highest BCUT2D eigenvalue weighted by Crippen LogP contribution is 2.53. The summed E-state index contributed by atoms with van der Waals surface area (Å²) in [5.74, 6) is 0.217.